The quantitative estimate of drug-likeness (QED) is 0.600. The Morgan fingerprint density at radius 1 is 1.37 bits per heavy atom. The highest BCUT2D eigenvalue weighted by atomic mass is 79.9. The van der Waals surface area contributed by atoms with Gasteiger partial charge in [0.15, 0.2) is 0 Å². The van der Waals surface area contributed by atoms with Crippen LogP contribution in [0.15, 0.2) is 39.7 Å². The highest BCUT2D eigenvalue weighted by Gasteiger charge is 2.17. The van der Waals surface area contributed by atoms with Gasteiger partial charge in [-0.3, -0.25) is 14.7 Å². The highest BCUT2D eigenvalue weighted by Crippen LogP contribution is 2.20. The van der Waals surface area contributed by atoms with Gasteiger partial charge in [-0.25, -0.2) is 4.98 Å². The van der Waals surface area contributed by atoms with Crippen LogP contribution < -0.4 is 15.6 Å². The lowest BCUT2D eigenvalue weighted by Gasteiger charge is -2.33. The first-order valence-corrected chi connectivity index (χ1v) is 9.62. The van der Waals surface area contributed by atoms with Crippen molar-refractivity contribution in [2.45, 2.75) is 6.10 Å². The molecule has 0 radical (unpaired) electrons. The molecule has 0 unspecified atom stereocenters. The molecular formula is C18H24BrN5O3. The molecule has 1 aromatic carbocycles. The molecule has 1 atom stereocenters. The van der Waals surface area contributed by atoms with Gasteiger partial charge in [0, 0.05) is 44.5 Å². The zero-order valence-corrected chi connectivity index (χ0v) is 16.8. The Kier molecular flexibility index (Phi) is 6.84. The number of likely N-dealkylation sites (N-methyl/N-ethyl adjacent to an activating group) is 1. The summed E-state index contributed by atoms with van der Waals surface area (Å²) in [5.41, 5.74) is 0.471. The molecule has 0 saturated carbocycles. The molecule has 146 valence electrons. The maximum Gasteiger partial charge on any atom is 0.266 e. The van der Waals surface area contributed by atoms with Gasteiger partial charge in [0.2, 0.25) is 5.95 Å². The minimum Gasteiger partial charge on any atom is -0.491 e. The molecule has 1 aliphatic rings. The second-order valence-corrected chi connectivity index (χ2v) is 7.48. The maximum absolute atomic E-state index is 11.6. The summed E-state index contributed by atoms with van der Waals surface area (Å²) in [6.07, 6.45) is 0.894. The van der Waals surface area contributed by atoms with E-state index in [1.807, 2.05) is 18.2 Å². The van der Waals surface area contributed by atoms with Crippen molar-refractivity contribution in [3.05, 3.63) is 45.3 Å². The Morgan fingerprint density at radius 3 is 2.89 bits per heavy atom. The number of ether oxygens (including phenoxy) is 1. The van der Waals surface area contributed by atoms with E-state index in [2.05, 4.69) is 48.1 Å². The molecule has 2 aromatic rings. The van der Waals surface area contributed by atoms with Gasteiger partial charge in [-0.1, -0.05) is 6.07 Å². The largest absolute Gasteiger partial charge is 0.491 e. The predicted octanol–water partition coefficient (Wildman–Crippen LogP) is 1.26. The highest BCUT2D eigenvalue weighted by molar-refractivity contribution is 9.10. The maximum atomic E-state index is 11.6. The number of halogens is 1. The van der Waals surface area contributed by atoms with E-state index < -0.39 is 6.10 Å². The van der Waals surface area contributed by atoms with Gasteiger partial charge in [0.05, 0.1) is 6.20 Å². The first-order chi connectivity index (χ1) is 13.0. The standard InChI is InChI=1S/C18H24BrN5O3/c1-23-5-7-24(8-6-23)11-14(25)12-27-15-4-2-3-13(9-15)21-18-20-10-16(19)17(26)22-18/h2-4,9-10,14,25H,5-8,11-12H2,1H3,(H2,20,21,22,26)/t14-/m1/s1. The van der Waals surface area contributed by atoms with E-state index in [0.29, 0.717) is 22.7 Å². The summed E-state index contributed by atoms with van der Waals surface area (Å²) in [5, 5.41) is 13.3. The summed E-state index contributed by atoms with van der Waals surface area (Å²) in [6.45, 7) is 4.80. The average Bonchev–Trinajstić information content (AvgIpc) is 2.65. The third-order valence-electron chi connectivity index (χ3n) is 4.36. The molecule has 1 saturated heterocycles. The fourth-order valence-electron chi connectivity index (χ4n) is 2.82. The molecule has 3 N–H and O–H groups in total. The average molecular weight is 438 g/mol. The van der Waals surface area contributed by atoms with E-state index in [1.54, 1.807) is 6.07 Å². The molecule has 0 amide bonds. The number of β-amino-alcohol motifs (C(OH)–C–C–N with tert-alkyl or cyclic N) is 1. The second kappa shape index (κ2) is 9.32. The molecule has 0 aliphatic carbocycles. The van der Waals surface area contributed by atoms with Crippen LogP contribution in [-0.2, 0) is 0 Å². The lowest BCUT2D eigenvalue weighted by molar-refractivity contribution is 0.0505. The summed E-state index contributed by atoms with van der Waals surface area (Å²) in [5.74, 6) is 0.979. The smallest absolute Gasteiger partial charge is 0.266 e. The van der Waals surface area contributed by atoms with Crippen LogP contribution in [0, 0.1) is 0 Å². The Morgan fingerprint density at radius 2 is 2.15 bits per heavy atom. The molecule has 3 rings (SSSR count). The molecule has 0 spiro atoms. The lowest BCUT2D eigenvalue weighted by Crippen LogP contribution is -2.47. The van der Waals surface area contributed by atoms with Crippen molar-refractivity contribution >= 4 is 27.6 Å². The number of aliphatic hydroxyl groups excluding tert-OH is 1. The van der Waals surface area contributed by atoms with E-state index in [1.165, 1.54) is 6.20 Å². The summed E-state index contributed by atoms with van der Waals surface area (Å²) < 4.78 is 6.10. The molecule has 9 heteroatoms. The van der Waals surface area contributed by atoms with Crippen LogP contribution in [0.1, 0.15) is 0 Å². The van der Waals surface area contributed by atoms with E-state index in [9.17, 15) is 9.90 Å². The van der Waals surface area contributed by atoms with Crippen molar-refractivity contribution in [1.29, 1.82) is 0 Å². The van der Waals surface area contributed by atoms with Gasteiger partial charge in [-0.15, -0.1) is 0 Å². The molecule has 2 heterocycles. The minimum absolute atomic E-state index is 0.225. The Bertz CT molecular complexity index is 808. The van der Waals surface area contributed by atoms with Crippen LogP contribution in [0.2, 0.25) is 0 Å². The van der Waals surface area contributed by atoms with Crippen molar-refractivity contribution in [2.24, 2.45) is 0 Å². The zero-order valence-electron chi connectivity index (χ0n) is 15.2. The van der Waals surface area contributed by atoms with Crippen LogP contribution in [0.4, 0.5) is 11.6 Å². The molecular weight excluding hydrogens is 414 g/mol. The van der Waals surface area contributed by atoms with E-state index >= 15 is 0 Å². The molecule has 1 fully saturated rings. The van der Waals surface area contributed by atoms with Gasteiger partial charge in [0.1, 0.15) is 22.9 Å². The zero-order chi connectivity index (χ0) is 19.2. The number of piperazine rings is 1. The van der Waals surface area contributed by atoms with Crippen molar-refractivity contribution in [1.82, 2.24) is 19.8 Å². The van der Waals surface area contributed by atoms with Gasteiger partial charge in [-0.2, -0.15) is 0 Å². The Labute approximate surface area is 166 Å². The number of hydrogen-bond donors (Lipinski definition) is 3. The van der Waals surface area contributed by atoms with Gasteiger partial charge in [0.25, 0.3) is 5.56 Å². The lowest BCUT2D eigenvalue weighted by atomic mass is 10.2. The molecule has 8 nitrogen and oxygen atoms in total. The Balaban J connectivity index is 1.51. The third-order valence-corrected chi connectivity index (χ3v) is 4.92. The monoisotopic (exact) mass is 437 g/mol. The van der Waals surface area contributed by atoms with E-state index in [4.69, 9.17) is 4.74 Å². The van der Waals surface area contributed by atoms with E-state index in [0.717, 1.165) is 31.9 Å². The van der Waals surface area contributed by atoms with Gasteiger partial charge in [-0.05, 0) is 35.1 Å². The summed E-state index contributed by atoms with van der Waals surface area (Å²) in [6, 6.07) is 7.30. The third kappa shape index (κ3) is 6.03. The van der Waals surface area contributed by atoms with Gasteiger partial charge >= 0.3 is 0 Å². The fraction of sp³-hybridized carbons (Fsp3) is 0.444. The van der Waals surface area contributed by atoms with Crippen LogP contribution in [-0.4, -0.2) is 77.4 Å². The topological polar surface area (TPSA) is 93.7 Å². The summed E-state index contributed by atoms with van der Waals surface area (Å²) >= 11 is 3.12. The first kappa shape index (κ1) is 19.8. The number of nitrogens with one attached hydrogen (secondary N) is 2. The molecule has 0 bridgehead atoms. The Hall–Kier alpha value is -1.94. The number of aliphatic hydroxyl groups is 1. The minimum atomic E-state index is -0.547. The number of hydrogen-bond acceptors (Lipinski definition) is 7. The van der Waals surface area contributed by atoms with Crippen LogP contribution >= 0.6 is 15.9 Å². The fourth-order valence-corrected chi connectivity index (χ4v) is 3.02. The van der Waals surface area contributed by atoms with Gasteiger partial charge < -0.3 is 20.1 Å². The molecule has 27 heavy (non-hydrogen) atoms. The number of anilines is 2. The van der Waals surface area contributed by atoms with Crippen LogP contribution in [0.25, 0.3) is 0 Å². The molecule has 1 aromatic heterocycles. The summed E-state index contributed by atoms with van der Waals surface area (Å²) in [7, 11) is 2.11. The SMILES string of the molecule is CN1CCN(C[C@@H](O)COc2cccc(Nc3ncc(Br)c(=O)[nH]3)c2)CC1. The number of aromatic amines is 1. The van der Waals surface area contributed by atoms with E-state index in [-0.39, 0.29) is 12.2 Å². The van der Waals surface area contributed by atoms with Crippen molar-refractivity contribution in [3.8, 4) is 5.75 Å². The number of rotatable bonds is 7. The van der Waals surface area contributed by atoms with Crippen molar-refractivity contribution in [2.75, 3.05) is 51.7 Å². The second-order valence-electron chi connectivity index (χ2n) is 6.63. The van der Waals surface area contributed by atoms with Crippen LogP contribution in [0.5, 0.6) is 5.75 Å². The summed E-state index contributed by atoms with van der Waals surface area (Å²) in [4.78, 5) is 22.9. The first-order valence-electron chi connectivity index (χ1n) is 8.83. The molecule has 1 aliphatic heterocycles. The van der Waals surface area contributed by atoms with Crippen molar-refractivity contribution < 1.29 is 9.84 Å². The number of nitrogens with zero attached hydrogens (tertiary/aromatic N) is 3. The van der Waals surface area contributed by atoms with Crippen LogP contribution in [0.3, 0.4) is 0 Å². The number of benzene rings is 1. The predicted molar refractivity (Wildman–Crippen MR) is 108 cm³/mol. The normalized spacial score (nSPS) is 16.9. The number of aromatic nitrogens is 2. The van der Waals surface area contributed by atoms with Crippen molar-refractivity contribution in [3.63, 3.8) is 0 Å². The number of H-pyrrole nitrogens is 1.